The lowest BCUT2D eigenvalue weighted by Crippen LogP contribution is -2.17. The lowest BCUT2D eigenvalue weighted by atomic mass is 10.2. The molecule has 2 aromatic rings. The molecule has 0 saturated heterocycles. The smallest absolute Gasteiger partial charge is 0.276 e. The molecule has 5 nitrogen and oxygen atoms in total. The van der Waals surface area contributed by atoms with Crippen molar-refractivity contribution in [3.63, 3.8) is 0 Å². The standard InChI is InChI=1S/C14H18N4O/c1-4-18(3)12-7-5-6-11(9-12)15-14(19)13-8-10(2)16-17-13/h5-9H,4H2,1-3H3,(H,15,19)(H,16,17). The number of nitrogens with zero attached hydrogens (tertiary/aromatic N) is 2. The van der Waals surface area contributed by atoms with E-state index >= 15 is 0 Å². The second-order valence-corrected chi connectivity index (χ2v) is 4.45. The van der Waals surface area contributed by atoms with Crippen molar-refractivity contribution in [2.45, 2.75) is 13.8 Å². The average molecular weight is 258 g/mol. The maximum Gasteiger partial charge on any atom is 0.276 e. The Bertz CT molecular complexity index is 576. The van der Waals surface area contributed by atoms with Crippen molar-refractivity contribution in [3.8, 4) is 0 Å². The first-order chi connectivity index (χ1) is 9.10. The third-order valence-corrected chi connectivity index (χ3v) is 2.96. The molecule has 1 aromatic heterocycles. The van der Waals surface area contributed by atoms with Crippen molar-refractivity contribution in [3.05, 3.63) is 41.7 Å². The molecule has 5 heteroatoms. The Morgan fingerprint density at radius 2 is 2.21 bits per heavy atom. The summed E-state index contributed by atoms with van der Waals surface area (Å²) in [7, 11) is 2.01. The first-order valence-electron chi connectivity index (χ1n) is 6.24. The monoisotopic (exact) mass is 258 g/mol. The molecule has 2 rings (SSSR count). The van der Waals surface area contributed by atoms with Crippen LogP contribution in [0.3, 0.4) is 0 Å². The predicted octanol–water partition coefficient (Wildman–Crippen LogP) is 2.43. The van der Waals surface area contributed by atoms with Crippen molar-refractivity contribution < 1.29 is 4.79 Å². The summed E-state index contributed by atoms with van der Waals surface area (Å²) < 4.78 is 0. The number of aromatic nitrogens is 2. The van der Waals surface area contributed by atoms with Crippen LogP contribution in [0.2, 0.25) is 0 Å². The van der Waals surface area contributed by atoms with Gasteiger partial charge in [0, 0.05) is 30.7 Å². The van der Waals surface area contributed by atoms with E-state index in [9.17, 15) is 4.79 Å². The second kappa shape index (κ2) is 5.56. The number of carbonyl (C=O) groups excluding carboxylic acids is 1. The molecular formula is C14H18N4O. The molecule has 0 spiro atoms. The zero-order chi connectivity index (χ0) is 13.8. The van der Waals surface area contributed by atoms with Crippen LogP contribution in [-0.2, 0) is 0 Å². The number of H-pyrrole nitrogens is 1. The minimum absolute atomic E-state index is 0.208. The summed E-state index contributed by atoms with van der Waals surface area (Å²) >= 11 is 0. The van der Waals surface area contributed by atoms with Gasteiger partial charge >= 0.3 is 0 Å². The third-order valence-electron chi connectivity index (χ3n) is 2.96. The number of hydrogen-bond donors (Lipinski definition) is 2. The zero-order valence-electron chi connectivity index (χ0n) is 11.4. The van der Waals surface area contributed by atoms with E-state index in [1.54, 1.807) is 6.07 Å². The van der Waals surface area contributed by atoms with Crippen molar-refractivity contribution >= 4 is 17.3 Å². The molecule has 0 aliphatic rings. The van der Waals surface area contributed by atoms with Gasteiger partial charge in [-0.25, -0.2) is 0 Å². The van der Waals surface area contributed by atoms with Crippen LogP contribution in [0.1, 0.15) is 23.1 Å². The minimum Gasteiger partial charge on any atom is -0.375 e. The zero-order valence-corrected chi connectivity index (χ0v) is 11.4. The van der Waals surface area contributed by atoms with Gasteiger partial charge in [-0.15, -0.1) is 0 Å². The molecule has 1 heterocycles. The van der Waals surface area contributed by atoms with Gasteiger partial charge in [0.25, 0.3) is 5.91 Å². The molecule has 100 valence electrons. The average Bonchev–Trinajstić information content (AvgIpc) is 2.85. The number of hydrogen-bond acceptors (Lipinski definition) is 3. The van der Waals surface area contributed by atoms with Crippen molar-refractivity contribution in [1.82, 2.24) is 10.2 Å². The van der Waals surface area contributed by atoms with E-state index in [1.165, 1.54) is 0 Å². The second-order valence-electron chi connectivity index (χ2n) is 4.45. The SMILES string of the molecule is CCN(C)c1cccc(NC(=O)c2cc(C)[nH]n2)c1. The van der Waals surface area contributed by atoms with Gasteiger partial charge in [-0.05, 0) is 38.1 Å². The third kappa shape index (κ3) is 3.13. The van der Waals surface area contributed by atoms with E-state index < -0.39 is 0 Å². The Kier molecular flexibility index (Phi) is 3.85. The number of nitrogens with one attached hydrogen (secondary N) is 2. The lowest BCUT2D eigenvalue weighted by Gasteiger charge is -2.17. The molecule has 1 amide bonds. The summed E-state index contributed by atoms with van der Waals surface area (Å²) in [4.78, 5) is 14.1. The van der Waals surface area contributed by atoms with Crippen LogP contribution < -0.4 is 10.2 Å². The Hall–Kier alpha value is -2.30. The molecule has 0 aliphatic carbocycles. The molecule has 1 aromatic carbocycles. The fourth-order valence-electron chi connectivity index (χ4n) is 1.73. The van der Waals surface area contributed by atoms with E-state index in [4.69, 9.17) is 0 Å². The maximum absolute atomic E-state index is 12.0. The molecule has 0 fully saturated rings. The Morgan fingerprint density at radius 3 is 2.84 bits per heavy atom. The van der Waals surface area contributed by atoms with Crippen LogP contribution in [0.4, 0.5) is 11.4 Å². The fraction of sp³-hybridized carbons (Fsp3) is 0.286. The van der Waals surface area contributed by atoms with E-state index in [0.29, 0.717) is 5.69 Å². The van der Waals surface area contributed by atoms with Crippen molar-refractivity contribution in [2.24, 2.45) is 0 Å². The van der Waals surface area contributed by atoms with Crippen molar-refractivity contribution in [1.29, 1.82) is 0 Å². The molecule has 0 radical (unpaired) electrons. The van der Waals surface area contributed by atoms with E-state index in [2.05, 4.69) is 27.3 Å². The number of rotatable bonds is 4. The number of amides is 1. The highest BCUT2D eigenvalue weighted by Crippen LogP contribution is 2.18. The van der Waals surface area contributed by atoms with Gasteiger partial charge in [0.1, 0.15) is 0 Å². The van der Waals surface area contributed by atoms with Gasteiger partial charge in [-0.3, -0.25) is 9.89 Å². The molecule has 0 saturated carbocycles. The summed E-state index contributed by atoms with van der Waals surface area (Å²) in [6, 6.07) is 9.47. The van der Waals surface area contributed by atoms with Gasteiger partial charge in [0.05, 0.1) is 0 Å². The molecule has 0 unspecified atom stereocenters. The molecule has 0 atom stereocenters. The van der Waals surface area contributed by atoms with Gasteiger partial charge < -0.3 is 10.2 Å². The highest BCUT2D eigenvalue weighted by atomic mass is 16.1. The van der Waals surface area contributed by atoms with Crippen molar-refractivity contribution in [2.75, 3.05) is 23.8 Å². The highest BCUT2D eigenvalue weighted by Gasteiger charge is 2.10. The lowest BCUT2D eigenvalue weighted by molar-refractivity contribution is 0.102. The number of anilines is 2. The quantitative estimate of drug-likeness (QED) is 0.885. The van der Waals surface area contributed by atoms with E-state index in [0.717, 1.165) is 23.6 Å². The Morgan fingerprint density at radius 1 is 1.42 bits per heavy atom. The van der Waals surface area contributed by atoms with Crippen LogP contribution >= 0.6 is 0 Å². The van der Waals surface area contributed by atoms with Crippen LogP contribution in [0.5, 0.6) is 0 Å². The molecular weight excluding hydrogens is 240 g/mol. The van der Waals surface area contributed by atoms with E-state index in [-0.39, 0.29) is 5.91 Å². The molecule has 19 heavy (non-hydrogen) atoms. The first-order valence-corrected chi connectivity index (χ1v) is 6.24. The van der Waals surface area contributed by atoms with Gasteiger partial charge in [0.2, 0.25) is 0 Å². The minimum atomic E-state index is -0.208. The summed E-state index contributed by atoms with van der Waals surface area (Å²) in [5.41, 5.74) is 3.10. The summed E-state index contributed by atoms with van der Waals surface area (Å²) in [5, 5.41) is 9.54. The number of aromatic amines is 1. The van der Waals surface area contributed by atoms with Crippen LogP contribution in [0.25, 0.3) is 0 Å². The Balaban J connectivity index is 2.13. The molecule has 0 bridgehead atoms. The Labute approximate surface area is 112 Å². The number of aryl methyl sites for hydroxylation is 1. The highest BCUT2D eigenvalue weighted by molar-refractivity contribution is 6.03. The summed E-state index contributed by atoms with van der Waals surface area (Å²) in [5.74, 6) is -0.208. The van der Waals surface area contributed by atoms with Crippen LogP contribution in [0.15, 0.2) is 30.3 Å². The first kappa shape index (κ1) is 13.1. The van der Waals surface area contributed by atoms with E-state index in [1.807, 2.05) is 38.2 Å². The maximum atomic E-state index is 12.0. The van der Waals surface area contributed by atoms with Crippen LogP contribution in [0, 0.1) is 6.92 Å². The number of benzene rings is 1. The predicted molar refractivity (Wildman–Crippen MR) is 76.7 cm³/mol. The largest absolute Gasteiger partial charge is 0.375 e. The van der Waals surface area contributed by atoms with Gasteiger partial charge in [-0.2, -0.15) is 5.10 Å². The van der Waals surface area contributed by atoms with Gasteiger partial charge in [0.15, 0.2) is 5.69 Å². The number of carbonyl (C=O) groups is 1. The fourth-order valence-corrected chi connectivity index (χ4v) is 1.73. The van der Waals surface area contributed by atoms with Crippen LogP contribution in [-0.4, -0.2) is 29.7 Å². The van der Waals surface area contributed by atoms with Gasteiger partial charge in [-0.1, -0.05) is 6.07 Å². The molecule has 0 aliphatic heterocycles. The molecule has 2 N–H and O–H groups in total. The topological polar surface area (TPSA) is 61.0 Å². The summed E-state index contributed by atoms with van der Waals surface area (Å²) in [6.07, 6.45) is 0. The summed E-state index contributed by atoms with van der Waals surface area (Å²) in [6.45, 7) is 4.86. The normalized spacial score (nSPS) is 10.3.